The Kier molecular flexibility index (Phi) is 8.74. The Balaban J connectivity index is 1.48. The van der Waals surface area contributed by atoms with Crippen LogP contribution in [0.25, 0.3) is 10.9 Å². The smallest absolute Gasteiger partial charge is 0.281 e. The van der Waals surface area contributed by atoms with Gasteiger partial charge in [-0.3, -0.25) is 23.6 Å². The van der Waals surface area contributed by atoms with Crippen molar-refractivity contribution in [2.75, 3.05) is 29.6 Å². The van der Waals surface area contributed by atoms with Gasteiger partial charge in [-0.1, -0.05) is 29.6 Å². The molecule has 2 N–H and O–H groups in total. The van der Waals surface area contributed by atoms with E-state index in [1.54, 1.807) is 34.7 Å². The maximum absolute atomic E-state index is 14.5. The van der Waals surface area contributed by atoms with Crippen LogP contribution in [0.5, 0.6) is 0 Å². The van der Waals surface area contributed by atoms with E-state index in [4.69, 9.17) is 16.6 Å². The number of carbonyl (C=O) groups is 1. The number of hydrogen-bond acceptors (Lipinski definition) is 8. The minimum absolute atomic E-state index is 0.0501. The van der Waals surface area contributed by atoms with Crippen LogP contribution in [-0.4, -0.2) is 49.6 Å². The molecule has 1 unspecified atom stereocenters. The number of benzene rings is 1. The van der Waals surface area contributed by atoms with Crippen molar-refractivity contribution in [2.24, 2.45) is 7.05 Å². The fourth-order valence-electron chi connectivity index (χ4n) is 5.71. The Labute approximate surface area is 252 Å². The van der Waals surface area contributed by atoms with Crippen molar-refractivity contribution in [1.82, 2.24) is 29.0 Å². The summed E-state index contributed by atoms with van der Waals surface area (Å²) >= 11 is 7.27. The van der Waals surface area contributed by atoms with Gasteiger partial charge in [-0.2, -0.15) is 5.10 Å². The SMILES string of the molecule is CCn1ncc(F)c1C1CCN(c2nc3c(C(C)Nc4ccc(Cl)nc4C(=O)NSC)cc(C)cc3c(=O)n2C)CC1. The molecule has 0 saturated carbocycles. The molecule has 42 heavy (non-hydrogen) atoms. The van der Waals surface area contributed by atoms with Crippen LogP contribution < -0.4 is 20.5 Å². The number of halogens is 2. The van der Waals surface area contributed by atoms with Crippen molar-refractivity contribution >= 4 is 52.0 Å². The fraction of sp³-hybridized carbons (Fsp3) is 0.414. The Bertz CT molecular complexity index is 1700. The minimum atomic E-state index is -0.367. The van der Waals surface area contributed by atoms with Gasteiger partial charge in [-0.25, -0.2) is 14.4 Å². The Hall–Kier alpha value is -3.64. The number of nitrogens with zero attached hydrogens (tertiary/aromatic N) is 6. The van der Waals surface area contributed by atoms with Crippen molar-refractivity contribution in [3.63, 3.8) is 0 Å². The summed E-state index contributed by atoms with van der Waals surface area (Å²) in [6.07, 6.45) is 4.48. The molecule has 1 aromatic carbocycles. The molecule has 1 aliphatic heterocycles. The van der Waals surface area contributed by atoms with Crippen molar-refractivity contribution in [1.29, 1.82) is 0 Å². The number of piperidine rings is 1. The Morgan fingerprint density at radius 3 is 2.67 bits per heavy atom. The number of pyridine rings is 1. The second kappa shape index (κ2) is 12.3. The molecule has 4 heterocycles. The van der Waals surface area contributed by atoms with Gasteiger partial charge in [0.25, 0.3) is 11.5 Å². The van der Waals surface area contributed by atoms with E-state index in [1.807, 2.05) is 32.9 Å². The summed E-state index contributed by atoms with van der Waals surface area (Å²) in [5.41, 5.74) is 3.52. The summed E-state index contributed by atoms with van der Waals surface area (Å²) in [5, 5.41) is 8.28. The first-order chi connectivity index (χ1) is 20.1. The number of amides is 1. The van der Waals surface area contributed by atoms with Gasteiger partial charge in [0.2, 0.25) is 5.95 Å². The second-order valence-corrected chi connectivity index (χ2v) is 11.5. The molecule has 1 atom stereocenters. The molecule has 3 aromatic heterocycles. The molecule has 13 heteroatoms. The van der Waals surface area contributed by atoms with E-state index < -0.39 is 0 Å². The van der Waals surface area contributed by atoms with Gasteiger partial charge in [-0.05, 0) is 57.4 Å². The first kappa shape index (κ1) is 29.8. The van der Waals surface area contributed by atoms with Crippen molar-refractivity contribution < 1.29 is 9.18 Å². The standard InChI is InChI=1S/C29H34ClFN8O2S/c1-6-39-26(21(31)15-32-39)18-9-11-38(12-10-18)29-35-24-19(13-16(2)14-20(24)28(41)37(29)4)17(3)33-22-7-8-23(30)34-25(22)27(40)36-42-5/h7-8,13-15,17-18,33H,6,9-12H2,1-5H3,(H,36,40). The van der Waals surface area contributed by atoms with Crippen molar-refractivity contribution in [3.8, 4) is 0 Å². The van der Waals surface area contributed by atoms with Gasteiger partial charge < -0.3 is 10.2 Å². The van der Waals surface area contributed by atoms with Crippen LogP contribution in [0, 0.1) is 12.7 Å². The maximum atomic E-state index is 14.5. The van der Waals surface area contributed by atoms with Crippen LogP contribution in [0.4, 0.5) is 16.0 Å². The zero-order chi connectivity index (χ0) is 30.1. The number of aromatic nitrogens is 5. The van der Waals surface area contributed by atoms with Gasteiger partial charge in [0.05, 0.1) is 34.5 Å². The van der Waals surface area contributed by atoms with Gasteiger partial charge in [0, 0.05) is 44.4 Å². The molecule has 0 bridgehead atoms. The molecule has 0 aliphatic carbocycles. The summed E-state index contributed by atoms with van der Waals surface area (Å²) in [4.78, 5) is 37.7. The molecule has 1 amide bonds. The minimum Gasteiger partial charge on any atom is -0.377 e. The lowest BCUT2D eigenvalue weighted by Gasteiger charge is -2.34. The second-order valence-electron chi connectivity index (χ2n) is 10.5. The van der Waals surface area contributed by atoms with Gasteiger partial charge in [-0.15, -0.1) is 0 Å². The number of fused-ring (bicyclic) bond motifs is 1. The molecule has 5 rings (SSSR count). The third kappa shape index (κ3) is 5.69. The molecule has 0 radical (unpaired) electrons. The van der Waals surface area contributed by atoms with E-state index >= 15 is 0 Å². The number of hydrogen-bond donors (Lipinski definition) is 2. The zero-order valence-corrected chi connectivity index (χ0v) is 25.8. The van der Waals surface area contributed by atoms with Crippen LogP contribution in [-0.2, 0) is 13.6 Å². The molecule has 1 aliphatic rings. The van der Waals surface area contributed by atoms with E-state index in [2.05, 4.69) is 25.0 Å². The number of carbonyl (C=O) groups excluding carboxylic acids is 1. The number of aryl methyl sites for hydroxylation is 2. The van der Waals surface area contributed by atoms with Gasteiger partial charge >= 0.3 is 0 Å². The predicted octanol–water partition coefficient (Wildman–Crippen LogP) is 5.21. The lowest BCUT2D eigenvalue weighted by atomic mass is 9.93. The van der Waals surface area contributed by atoms with Gasteiger partial charge in [0.1, 0.15) is 5.15 Å². The number of anilines is 2. The average Bonchev–Trinajstić information content (AvgIpc) is 3.36. The third-order valence-corrected chi connectivity index (χ3v) is 8.34. The molecule has 4 aromatic rings. The predicted molar refractivity (Wildman–Crippen MR) is 166 cm³/mol. The summed E-state index contributed by atoms with van der Waals surface area (Å²) in [6, 6.07) is 6.87. The highest BCUT2D eigenvalue weighted by Crippen LogP contribution is 2.33. The summed E-state index contributed by atoms with van der Waals surface area (Å²) in [5.74, 6) is -0.0126. The summed E-state index contributed by atoms with van der Waals surface area (Å²) < 4.78 is 20.5. The summed E-state index contributed by atoms with van der Waals surface area (Å²) in [6.45, 7) is 7.72. The molecule has 10 nitrogen and oxygen atoms in total. The largest absolute Gasteiger partial charge is 0.377 e. The topological polar surface area (TPSA) is 110 Å². The van der Waals surface area contributed by atoms with E-state index in [0.717, 1.165) is 24.0 Å². The average molecular weight is 613 g/mol. The van der Waals surface area contributed by atoms with E-state index in [0.29, 0.717) is 47.9 Å². The third-order valence-electron chi connectivity index (χ3n) is 7.74. The van der Waals surface area contributed by atoms with Crippen molar-refractivity contribution in [3.05, 3.63) is 74.3 Å². The van der Waals surface area contributed by atoms with Crippen LogP contribution in [0.3, 0.4) is 0 Å². The maximum Gasteiger partial charge on any atom is 0.281 e. The van der Waals surface area contributed by atoms with E-state index in [1.165, 1.54) is 18.1 Å². The molecular formula is C29H34ClFN8O2S. The van der Waals surface area contributed by atoms with Crippen LogP contribution in [0.2, 0.25) is 5.15 Å². The van der Waals surface area contributed by atoms with Crippen LogP contribution in [0.15, 0.2) is 35.3 Å². The van der Waals surface area contributed by atoms with Crippen molar-refractivity contribution in [2.45, 2.75) is 52.1 Å². The quantitative estimate of drug-likeness (QED) is 0.206. The first-order valence-electron chi connectivity index (χ1n) is 13.9. The van der Waals surface area contributed by atoms with Gasteiger partial charge in [0.15, 0.2) is 11.5 Å². The lowest BCUT2D eigenvalue weighted by molar-refractivity contribution is 0.0980. The van der Waals surface area contributed by atoms with E-state index in [9.17, 15) is 14.0 Å². The highest BCUT2D eigenvalue weighted by Gasteiger charge is 2.29. The van der Waals surface area contributed by atoms with E-state index in [-0.39, 0.29) is 40.1 Å². The lowest BCUT2D eigenvalue weighted by Crippen LogP contribution is -2.38. The highest BCUT2D eigenvalue weighted by atomic mass is 35.5. The molecular weight excluding hydrogens is 579 g/mol. The summed E-state index contributed by atoms with van der Waals surface area (Å²) in [7, 11) is 1.74. The van der Waals surface area contributed by atoms with Crippen LogP contribution in [0.1, 0.15) is 66.0 Å². The molecule has 222 valence electrons. The fourth-order valence-corrected chi connectivity index (χ4v) is 6.14. The first-order valence-corrected chi connectivity index (χ1v) is 15.5. The molecule has 1 fully saturated rings. The Morgan fingerprint density at radius 2 is 1.98 bits per heavy atom. The number of nitrogens with one attached hydrogen (secondary N) is 2. The molecule has 1 saturated heterocycles. The molecule has 0 spiro atoms. The zero-order valence-electron chi connectivity index (χ0n) is 24.2. The Morgan fingerprint density at radius 1 is 1.24 bits per heavy atom. The monoisotopic (exact) mass is 612 g/mol. The normalized spacial score (nSPS) is 14.8. The highest BCUT2D eigenvalue weighted by molar-refractivity contribution is 7.97. The number of rotatable bonds is 8. The van der Waals surface area contributed by atoms with Crippen LogP contribution >= 0.6 is 23.5 Å².